The average molecular weight is 506 g/mol. The predicted molar refractivity (Wildman–Crippen MR) is 143 cm³/mol. The Morgan fingerprint density at radius 3 is 2.36 bits per heavy atom. The third kappa shape index (κ3) is 5.50. The van der Waals surface area contributed by atoms with Crippen LogP contribution in [0.3, 0.4) is 0 Å². The summed E-state index contributed by atoms with van der Waals surface area (Å²) in [6.07, 6.45) is 1.49. The number of aromatic nitrogens is 2. The van der Waals surface area contributed by atoms with Gasteiger partial charge in [0.2, 0.25) is 10.0 Å². The fourth-order valence-electron chi connectivity index (χ4n) is 4.20. The molecule has 0 unspecified atom stereocenters. The van der Waals surface area contributed by atoms with Gasteiger partial charge >= 0.3 is 0 Å². The van der Waals surface area contributed by atoms with Crippen LogP contribution in [-0.4, -0.2) is 28.6 Å². The Kier molecular flexibility index (Phi) is 7.02. The standard InChI is InChI=1S/C28H31N3O4S/c1-5-8-26-29-24-16-15-21(32)17-23(24)27(33)31(26)18-19-11-13-20(14-12-19)22-9-6-7-10-25(22)36(34,35)30-28(2,3)4/h6-7,9-17,30,32H,5,8,18H2,1-4H3. The summed E-state index contributed by atoms with van der Waals surface area (Å²) in [7, 11) is -3.72. The molecule has 8 heteroatoms. The summed E-state index contributed by atoms with van der Waals surface area (Å²) in [5.41, 5.74) is 2.00. The molecule has 2 N–H and O–H groups in total. The Morgan fingerprint density at radius 2 is 1.69 bits per heavy atom. The van der Waals surface area contributed by atoms with Crippen LogP contribution in [0.5, 0.6) is 5.75 Å². The summed E-state index contributed by atoms with van der Waals surface area (Å²) >= 11 is 0. The summed E-state index contributed by atoms with van der Waals surface area (Å²) in [6.45, 7) is 7.77. The number of rotatable bonds is 7. The van der Waals surface area contributed by atoms with Crippen molar-refractivity contribution in [2.45, 2.75) is 57.5 Å². The van der Waals surface area contributed by atoms with Gasteiger partial charge in [0.1, 0.15) is 11.6 Å². The second kappa shape index (κ2) is 9.87. The number of sulfonamides is 1. The van der Waals surface area contributed by atoms with Gasteiger partial charge in [-0.25, -0.2) is 18.1 Å². The van der Waals surface area contributed by atoms with Crippen LogP contribution < -0.4 is 10.3 Å². The largest absolute Gasteiger partial charge is 0.508 e. The molecule has 0 radical (unpaired) electrons. The quantitative estimate of drug-likeness (QED) is 0.374. The maximum Gasteiger partial charge on any atom is 0.261 e. The van der Waals surface area contributed by atoms with Crippen molar-refractivity contribution in [1.29, 1.82) is 0 Å². The zero-order valence-corrected chi connectivity index (χ0v) is 21.8. The van der Waals surface area contributed by atoms with Crippen LogP contribution in [0.15, 0.2) is 76.4 Å². The highest BCUT2D eigenvalue weighted by molar-refractivity contribution is 7.89. The minimum Gasteiger partial charge on any atom is -0.508 e. The number of phenolic OH excluding ortho intramolecular Hbond substituents is 1. The predicted octanol–water partition coefficient (Wildman–Crippen LogP) is 4.85. The topological polar surface area (TPSA) is 101 Å². The first-order valence-corrected chi connectivity index (χ1v) is 13.4. The zero-order valence-electron chi connectivity index (χ0n) is 20.9. The lowest BCUT2D eigenvalue weighted by atomic mass is 10.0. The van der Waals surface area contributed by atoms with Gasteiger partial charge in [-0.05, 0) is 62.6 Å². The smallest absolute Gasteiger partial charge is 0.261 e. The molecular formula is C28H31N3O4S. The van der Waals surface area contributed by atoms with Crippen molar-refractivity contribution < 1.29 is 13.5 Å². The number of fused-ring (bicyclic) bond motifs is 1. The van der Waals surface area contributed by atoms with Crippen LogP contribution in [0.25, 0.3) is 22.0 Å². The van der Waals surface area contributed by atoms with E-state index in [-0.39, 0.29) is 16.2 Å². The molecule has 0 aliphatic rings. The highest BCUT2D eigenvalue weighted by Crippen LogP contribution is 2.28. The van der Waals surface area contributed by atoms with Crippen molar-refractivity contribution >= 4 is 20.9 Å². The Labute approximate surface area is 211 Å². The molecule has 0 saturated carbocycles. The molecular weight excluding hydrogens is 474 g/mol. The molecule has 0 bridgehead atoms. The number of hydrogen-bond acceptors (Lipinski definition) is 5. The summed E-state index contributed by atoms with van der Waals surface area (Å²) in [6, 6.07) is 19.1. The van der Waals surface area contributed by atoms with Crippen LogP contribution in [0.2, 0.25) is 0 Å². The number of benzene rings is 3. The van der Waals surface area contributed by atoms with Crippen molar-refractivity contribution in [2.24, 2.45) is 0 Å². The number of nitrogens with one attached hydrogen (secondary N) is 1. The molecule has 7 nitrogen and oxygen atoms in total. The third-order valence-corrected chi connectivity index (χ3v) is 7.53. The number of aryl methyl sites for hydroxylation is 1. The van der Waals surface area contributed by atoms with Gasteiger partial charge in [-0.15, -0.1) is 0 Å². The number of hydrogen-bond donors (Lipinski definition) is 2. The van der Waals surface area contributed by atoms with Crippen molar-refractivity contribution in [3.8, 4) is 16.9 Å². The third-order valence-electron chi connectivity index (χ3n) is 5.71. The van der Waals surface area contributed by atoms with Gasteiger partial charge in [-0.2, -0.15) is 0 Å². The lowest BCUT2D eigenvalue weighted by molar-refractivity contribution is 0.476. The lowest BCUT2D eigenvalue weighted by Crippen LogP contribution is -2.40. The normalized spacial score (nSPS) is 12.2. The molecule has 0 spiro atoms. The van der Waals surface area contributed by atoms with E-state index in [2.05, 4.69) is 9.71 Å². The summed E-state index contributed by atoms with van der Waals surface area (Å²) in [4.78, 5) is 18.2. The first kappa shape index (κ1) is 25.6. The van der Waals surface area contributed by atoms with E-state index in [4.69, 9.17) is 0 Å². The Balaban J connectivity index is 1.71. The van der Waals surface area contributed by atoms with E-state index in [9.17, 15) is 18.3 Å². The van der Waals surface area contributed by atoms with Crippen molar-refractivity contribution in [1.82, 2.24) is 14.3 Å². The minimum absolute atomic E-state index is 0.0233. The Bertz CT molecular complexity index is 1570. The second-order valence-corrected chi connectivity index (χ2v) is 11.6. The van der Waals surface area contributed by atoms with Crippen LogP contribution in [0.1, 0.15) is 45.5 Å². The second-order valence-electron chi connectivity index (χ2n) is 9.92. The number of nitrogens with zero attached hydrogens (tertiary/aromatic N) is 2. The summed E-state index contributed by atoms with van der Waals surface area (Å²) in [5.74, 6) is 0.713. The molecule has 4 aromatic rings. The first-order chi connectivity index (χ1) is 17.0. The Morgan fingerprint density at radius 1 is 1.00 bits per heavy atom. The molecule has 0 amide bonds. The van der Waals surface area contributed by atoms with E-state index in [0.29, 0.717) is 35.3 Å². The lowest BCUT2D eigenvalue weighted by Gasteiger charge is -2.21. The zero-order chi connectivity index (χ0) is 26.1. The fraction of sp³-hybridized carbons (Fsp3) is 0.286. The van der Waals surface area contributed by atoms with Crippen molar-refractivity contribution in [3.63, 3.8) is 0 Å². The van der Waals surface area contributed by atoms with Crippen molar-refractivity contribution in [2.75, 3.05) is 0 Å². The molecule has 0 fully saturated rings. The molecule has 0 aliphatic carbocycles. The van der Waals surface area contributed by atoms with Gasteiger partial charge in [-0.1, -0.05) is 49.4 Å². The van der Waals surface area contributed by atoms with Crippen LogP contribution in [0.4, 0.5) is 0 Å². The van der Waals surface area contributed by atoms with Gasteiger partial charge < -0.3 is 5.11 Å². The number of aromatic hydroxyl groups is 1. The summed E-state index contributed by atoms with van der Waals surface area (Å²) < 4.78 is 30.5. The van der Waals surface area contributed by atoms with Crippen LogP contribution >= 0.6 is 0 Å². The molecule has 1 aromatic heterocycles. The molecule has 0 aliphatic heterocycles. The molecule has 36 heavy (non-hydrogen) atoms. The first-order valence-electron chi connectivity index (χ1n) is 11.9. The molecule has 4 rings (SSSR count). The van der Waals surface area contributed by atoms with E-state index in [1.54, 1.807) is 49.6 Å². The highest BCUT2D eigenvalue weighted by atomic mass is 32.2. The van der Waals surface area contributed by atoms with Gasteiger partial charge in [0.15, 0.2) is 0 Å². The van der Waals surface area contributed by atoms with Gasteiger partial charge in [0.25, 0.3) is 5.56 Å². The molecule has 3 aromatic carbocycles. The molecule has 0 saturated heterocycles. The van der Waals surface area contributed by atoms with E-state index >= 15 is 0 Å². The van der Waals surface area contributed by atoms with Crippen LogP contribution in [-0.2, 0) is 23.0 Å². The highest BCUT2D eigenvalue weighted by Gasteiger charge is 2.24. The SMILES string of the molecule is CCCc1nc2ccc(O)cc2c(=O)n1Cc1ccc(-c2ccccc2S(=O)(=O)NC(C)(C)C)cc1. The Hall–Kier alpha value is -3.49. The van der Waals surface area contributed by atoms with Gasteiger partial charge in [0.05, 0.1) is 22.3 Å². The van der Waals surface area contributed by atoms with Crippen LogP contribution in [0, 0.1) is 0 Å². The van der Waals surface area contributed by atoms with E-state index in [1.165, 1.54) is 12.1 Å². The van der Waals surface area contributed by atoms with E-state index < -0.39 is 15.6 Å². The molecule has 188 valence electrons. The maximum atomic E-state index is 13.3. The average Bonchev–Trinajstić information content (AvgIpc) is 2.81. The molecule has 1 heterocycles. The summed E-state index contributed by atoms with van der Waals surface area (Å²) in [5, 5.41) is 10.2. The van der Waals surface area contributed by atoms with Gasteiger partial charge in [0, 0.05) is 17.5 Å². The number of phenols is 1. The molecule has 0 atom stereocenters. The van der Waals surface area contributed by atoms with E-state index in [1.807, 2.05) is 37.3 Å². The monoisotopic (exact) mass is 505 g/mol. The van der Waals surface area contributed by atoms with Gasteiger partial charge in [-0.3, -0.25) is 9.36 Å². The van der Waals surface area contributed by atoms with Crippen molar-refractivity contribution in [3.05, 3.63) is 88.5 Å². The minimum atomic E-state index is -3.72. The maximum absolute atomic E-state index is 13.3. The van der Waals surface area contributed by atoms with E-state index in [0.717, 1.165) is 17.5 Å². The fourth-order valence-corrected chi connectivity index (χ4v) is 5.85.